The number of rotatable bonds is 4. The van der Waals surface area contributed by atoms with E-state index in [1.54, 1.807) is 24.3 Å². The van der Waals surface area contributed by atoms with Crippen molar-refractivity contribution >= 4 is 17.9 Å². The highest BCUT2D eigenvalue weighted by atomic mass is 16.5. The maximum Gasteiger partial charge on any atom is 0.250 e. The maximum absolute atomic E-state index is 11.1. The quantitative estimate of drug-likeness (QED) is 0.728. The molecule has 1 aromatic rings. The van der Waals surface area contributed by atoms with E-state index in [0.29, 0.717) is 11.3 Å². The number of carbonyl (C=O) groups is 2. The Hall–Kier alpha value is -1.68. The lowest BCUT2D eigenvalue weighted by Gasteiger charge is -2.03. The molecule has 0 unspecified atom stereocenters. The summed E-state index contributed by atoms with van der Waals surface area (Å²) in [5.41, 5.74) is 1.23. The first-order valence-corrected chi connectivity index (χ1v) is 4.10. The van der Waals surface area contributed by atoms with Crippen molar-refractivity contribution in [2.24, 2.45) is 0 Å². The fourth-order valence-electron chi connectivity index (χ4n) is 0.973. The van der Waals surface area contributed by atoms with Gasteiger partial charge in [-0.25, -0.2) is 0 Å². The van der Waals surface area contributed by atoms with Crippen LogP contribution in [0.4, 0.5) is 5.69 Å². The molecule has 0 radical (unpaired) electrons. The zero-order chi connectivity index (χ0) is 10.4. The van der Waals surface area contributed by atoms with Gasteiger partial charge in [-0.1, -0.05) is 0 Å². The molecule has 1 N–H and O–H groups in total. The number of aldehydes is 1. The largest absolute Gasteiger partial charge is 0.375 e. The van der Waals surface area contributed by atoms with Gasteiger partial charge < -0.3 is 10.1 Å². The minimum absolute atomic E-state index is 0.0232. The van der Waals surface area contributed by atoms with Crippen LogP contribution in [0, 0.1) is 0 Å². The summed E-state index contributed by atoms with van der Waals surface area (Å²) < 4.78 is 4.65. The second kappa shape index (κ2) is 5.14. The normalized spacial score (nSPS) is 9.50. The summed E-state index contributed by atoms with van der Waals surface area (Å²) >= 11 is 0. The third-order valence-corrected chi connectivity index (χ3v) is 1.61. The Labute approximate surface area is 81.9 Å². The zero-order valence-electron chi connectivity index (χ0n) is 7.82. The summed E-state index contributed by atoms with van der Waals surface area (Å²) in [4.78, 5) is 21.4. The molecule has 0 aliphatic heterocycles. The third-order valence-electron chi connectivity index (χ3n) is 1.61. The smallest absolute Gasteiger partial charge is 0.250 e. The average molecular weight is 193 g/mol. The monoisotopic (exact) mass is 193 g/mol. The fraction of sp³-hybridized carbons (Fsp3) is 0.200. The maximum atomic E-state index is 11.1. The summed E-state index contributed by atoms with van der Waals surface area (Å²) in [6, 6.07) is 6.60. The van der Waals surface area contributed by atoms with Crippen molar-refractivity contribution in [1.29, 1.82) is 0 Å². The first kappa shape index (κ1) is 10.4. The minimum atomic E-state index is -0.216. The number of benzene rings is 1. The van der Waals surface area contributed by atoms with E-state index in [1.165, 1.54) is 7.11 Å². The van der Waals surface area contributed by atoms with Gasteiger partial charge in [0.05, 0.1) is 0 Å². The Morgan fingerprint density at radius 2 is 2.07 bits per heavy atom. The number of hydrogen-bond donors (Lipinski definition) is 1. The number of carbonyl (C=O) groups excluding carboxylic acids is 2. The Morgan fingerprint density at radius 1 is 1.43 bits per heavy atom. The predicted molar refractivity (Wildman–Crippen MR) is 52.3 cm³/mol. The van der Waals surface area contributed by atoms with Gasteiger partial charge in [0.1, 0.15) is 12.9 Å². The van der Waals surface area contributed by atoms with Crippen molar-refractivity contribution in [2.45, 2.75) is 0 Å². The summed E-state index contributed by atoms with van der Waals surface area (Å²) in [7, 11) is 1.45. The van der Waals surface area contributed by atoms with E-state index in [-0.39, 0.29) is 12.5 Å². The number of hydrogen-bond acceptors (Lipinski definition) is 3. The van der Waals surface area contributed by atoms with Crippen LogP contribution in [0.2, 0.25) is 0 Å². The van der Waals surface area contributed by atoms with Crippen LogP contribution in [0.5, 0.6) is 0 Å². The van der Waals surface area contributed by atoms with Crippen molar-refractivity contribution < 1.29 is 14.3 Å². The van der Waals surface area contributed by atoms with E-state index in [0.717, 1.165) is 6.29 Å². The molecule has 0 heterocycles. The van der Waals surface area contributed by atoms with Crippen LogP contribution < -0.4 is 5.32 Å². The lowest BCUT2D eigenvalue weighted by molar-refractivity contribution is -0.119. The summed E-state index contributed by atoms with van der Waals surface area (Å²) in [6.07, 6.45) is 0.751. The average Bonchev–Trinajstić information content (AvgIpc) is 2.19. The van der Waals surface area contributed by atoms with Crippen molar-refractivity contribution in [2.75, 3.05) is 19.0 Å². The van der Waals surface area contributed by atoms with Gasteiger partial charge in [-0.05, 0) is 24.3 Å². The van der Waals surface area contributed by atoms with Crippen LogP contribution >= 0.6 is 0 Å². The highest BCUT2D eigenvalue weighted by Crippen LogP contribution is 2.07. The van der Waals surface area contributed by atoms with E-state index in [4.69, 9.17) is 0 Å². The van der Waals surface area contributed by atoms with Gasteiger partial charge in [-0.3, -0.25) is 9.59 Å². The summed E-state index contributed by atoms with van der Waals surface area (Å²) in [5, 5.41) is 2.61. The number of anilines is 1. The van der Waals surface area contributed by atoms with E-state index >= 15 is 0 Å². The van der Waals surface area contributed by atoms with Crippen LogP contribution in [0.3, 0.4) is 0 Å². The molecule has 0 aliphatic rings. The van der Waals surface area contributed by atoms with Crippen LogP contribution in [0.25, 0.3) is 0 Å². The molecular formula is C10H11NO3. The molecule has 1 rings (SSSR count). The molecule has 0 saturated heterocycles. The highest BCUT2D eigenvalue weighted by Gasteiger charge is 2.00. The molecule has 74 valence electrons. The van der Waals surface area contributed by atoms with Crippen LogP contribution in [-0.2, 0) is 9.53 Å². The molecule has 1 aromatic carbocycles. The molecule has 0 fully saturated rings. The third kappa shape index (κ3) is 2.99. The van der Waals surface area contributed by atoms with E-state index in [1.807, 2.05) is 0 Å². The zero-order valence-corrected chi connectivity index (χ0v) is 7.82. The van der Waals surface area contributed by atoms with Crippen LogP contribution in [0.1, 0.15) is 10.4 Å². The molecule has 4 heteroatoms. The summed E-state index contributed by atoms with van der Waals surface area (Å²) in [6.45, 7) is 0.0232. The Kier molecular flexibility index (Phi) is 3.82. The van der Waals surface area contributed by atoms with E-state index in [9.17, 15) is 9.59 Å². The number of nitrogens with one attached hydrogen (secondary N) is 1. The molecule has 0 saturated carbocycles. The lowest BCUT2D eigenvalue weighted by atomic mass is 10.2. The molecule has 14 heavy (non-hydrogen) atoms. The Morgan fingerprint density at radius 3 is 2.57 bits per heavy atom. The van der Waals surface area contributed by atoms with Crippen LogP contribution in [-0.4, -0.2) is 25.9 Å². The van der Waals surface area contributed by atoms with Crippen LogP contribution in [0.15, 0.2) is 24.3 Å². The van der Waals surface area contributed by atoms with Gasteiger partial charge >= 0.3 is 0 Å². The standard InChI is InChI=1S/C10H11NO3/c1-14-7-10(13)11-9-4-2-8(6-12)3-5-9/h2-6H,7H2,1H3,(H,11,13). The van der Waals surface area contributed by atoms with E-state index < -0.39 is 0 Å². The van der Waals surface area contributed by atoms with Gasteiger partial charge in [0.25, 0.3) is 0 Å². The van der Waals surface area contributed by atoms with Gasteiger partial charge in [0.15, 0.2) is 0 Å². The molecular weight excluding hydrogens is 182 g/mol. The molecule has 0 bridgehead atoms. The SMILES string of the molecule is COCC(=O)Nc1ccc(C=O)cc1. The Balaban J connectivity index is 2.59. The summed E-state index contributed by atoms with van der Waals surface area (Å²) in [5.74, 6) is -0.216. The second-order valence-electron chi connectivity index (χ2n) is 2.72. The minimum Gasteiger partial charge on any atom is -0.375 e. The number of methoxy groups -OCH3 is 1. The molecule has 0 aromatic heterocycles. The van der Waals surface area contributed by atoms with Gasteiger partial charge in [-0.15, -0.1) is 0 Å². The van der Waals surface area contributed by atoms with Gasteiger partial charge in [-0.2, -0.15) is 0 Å². The molecule has 0 aliphatic carbocycles. The van der Waals surface area contributed by atoms with Gasteiger partial charge in [0, 0.05) is 18.4 Å². The molecule has 4 nitrogen and oxygen atoms in total. The fourth-order valence-corrected chi connectivity index (χ4v) is 0.973. The van der Waals surface area contributed by atoms with Gasteiger partial charge in [0.2, 0.25) is 5.91 Å². The lowest BCUT2D eigenvalue weighted by Crippen LogP contribution is -2.16. The molecule has 0 atom stereocenters. The first-order chi connectivity index (χ1) is 6.76. The van der Waals surface area contributed by atoms with Crippen molar-refractivity contribution in [3.05, 3.63) is 29.8 Å². The molecule has 0 spiro atoms. The van der Waals surface area contributed by atoms with Crippen molar-refractivity contribution in [3.8, 4) is 0 Å². The highest BCUT2D eigenvalue weighted by molar-refractivity contribution is 5.92. The number of ether oxygens (including phenoxy) is 1. The first-order valence-electron chi connectivity index (χ1n) is 4.10. The number of amides is 1. The second-order valence-corrected chi connectivity index (χ2v) is 2.72. The molecule has 1 amide bonds. The van der Waals surface area contributed by atoms with Crippen molar-refractivity contribution in [3.63, 3.8) is 0 Å². The predicted octanol–water partition coefficient (Wildman–Crippen LogP) is 1.08. The van der Waals surface area contributed by atoms with Crippen molar-refractivity contribution in [1.82, 2.24) is 0 Å². The van der Waals surface area contributed by atoms with E-state index in [2.05, 4.69) is 10.1 Å². The Bertz CT molecular complexity index is 319. The topological polar surface area (TPSA) is 55.4 Å².